The Hall–Kier alpha value is -2.89. The highest BCUT2D eigenvalue weighted by molar-refractivity contribution is 6.03. The number of amides is 2. The number of anilines is 2. The van der Waals surface area contributed by atoms with Crippen molar-refractivity contribution >= 4 is 23.2 Å². The Balaban J connectivity index is 1.46. The summed E-state index contributed by atoms with van der Waals surface area (Å²) in [5.41, 5.74) is 2.87. The van der Waals surface area contributed by atoms with Gasteiger partial charge in [0, 0.05) is 50.4 Å². The second kappa shape index (κ2) is 7.62. The zero-order valence-corrected chi connectivity index (χ0v) is 16.0. The summed E-state index contributed by atoms with van der Waals surface area (Å²) in [6.07, 6.45) is 0.940. The number of nitrogens with zero attached hydrogens (tertiary/aromatic N) is 3. The van der Waals surface area contributed by atoms with E-state index in [1.807, 2.05) is 36.1 Å². The van der Waals surface area contributed by atoms with Gasteiger partial charge in [-0.3, -0.25) is 14.5 Å². The van der Waals surface area contributed by atoms with E-state index in [1.165, 1.54) is 12.1 Å². The van der Waals surface area contributed by atoms with Crippen molar-refractivity contribution in [2.24, 2.45) is 0 Å². The number of benzene rings is 2. The Kier molecular flexibility index (Phi) is 5.03. The van der Waals surface area contributed by atoms with Crippen LogP contribution in [-0.4, -0.2) is 48.9 Å². The number of carbonyl (C=O) groups is 2. The number of piperazine rings is 1. The molecule has 2 aromatic carbocycles. The monoisotopic (exact) mass is 381 g/mol. The number of fused-ring (bicyclic) bond motifs is 1. The maximum atomic E-state index is 13.3. The molecule has 0 bridgehead atoms. The van der Waals surface area contributed by atoms with E-state index >= 15 is 0 Å². The Labute approximate surface area is 164 Å². The van der Waals surface area contributed by atoms with Crippen LogP contribution in [0.5, 0.6) is 0 Å². The first-order valence-electron chi connectivity index (χ1n) is 9.77. The van der Waals surface area contributed by atoms with Gasteiger partial charge in [0.25, 0.3) is 0 Å². The molecule has 0 unspecified atom stereocenters. The Morgan fingerprint density at radius 3 is 2.36 bits per heavy atom. The molecular weight excluding hydrogens is 357 g/mol. The first-order valence-corrected chi connectivity index (χ1v) is 9.77. The largest absolute Gasteiger partial charge is 0.368 e. The molecular formula is C22H24FN3O2. The minimum Gasteiger partial charge on any atom is -0.368 e. The standard InChI is InChI=1S/C22H24FN3O2/c1-2-21(27)26-19-6-4-3-5-16(19)15-20(26)22(28)25-13-11-24(12-14-25)18-9-7-17(23)8-10-18/h3-10,20H,2,11-15H2,1H3/t20-/m0/s1. The number of hydrogen-bond acceptors (Lipinski definition) is 3. The van der Waals surface area contributed by atoms with Gasteiger partial charge in [-0.25, -0.2) is 4.39 Å². The lowest BCUT2D eigenvalue weighted by Crippen LogP contribution is -2.55. The molecule has 5 nitrogen and oxygen atoms in total. The number of rotatable bonds is 3. The topological polar surface area (TPSA) is 43.9 Å². The van der Waals surface area contributed by atoms with Crippen molar-refractivity contribution in [1.29, 1.82) is 0 Å². The van der Waals surface area contributed by atoms with Crippen LogP contribution in [0.1, 0.15) is 18.9 Å². The van der Waals surface area contributed by atoms with Gasteiger partial charge in [-0.2, -0.15) is 0 Å². The molecule has 2 amide bonds. The maximum Gasteiger partial charge on any atom is 0.246 e. The normalized spacial score (nSPS) is 18.9. The van der Waals surface area contributed by atoms with E-state index in [2.05, 4.69) is 4.90 Å². The summed E-state index contributed by atoms with van der Waals surface area (Å²) in [6, 6.07) is 13.7. The van der Waals surface area contributed by atoms with Crippen LogP contribution >= 0.6 is 0 Å². The minimum atomic E-state index is -0.456. The molecule has 146 valence electrons. The fourth-order valence-electron chi connectivity index (χ4n) is 4.11. The third kappa shape index (κ3) is 3.35. The lowest BCUT2D eigenvalue weighted by atomic mass is 10.1. The summed E-state index contributed by atoms with van der Waals surface area (Å²) >= 11 is 0. The van der Waals surface area contributed by atoms with Crippen molar-refractivity contribution in [2.45, 2.75) is 25.8 Å². The second-order valence-corrected chi connectivity index (χ2v) is 7.25. The summed E-state index contributed by atoms with van der Waals surface area (Å²) < 4.78 is 13.1. The van der Waals surface area contributed by atoms with Crippen LogP contribution in [0.2, 0.25) is 0 Å². The van der Waals surface area contributed by atoms with Gasteiger partial charge in [-0.15, -0.1) is 0 Å². The van der Waals surface area contributed by atoms with Crippen LogP contribution in [0.15, 0.2) is 48.5 Å². The minimum absolute atomic E-state index is 0.0109. The van der Waals surface area contributed by atoms with Gasteiger partial charge in [0.2, 0.25) is 11.8 Å². The van der Waals surface area contributed by atoms with Gasteiger partial charge in [0.1, 0.15) is 11.9 Å². The predicted molar refractivity (Wildman–Crippen MR) is 107 cm³/mol. The fraction of sp³-hybridized carbons (Fsp3) is 0.364. The molecule has 4 rings (SSSR count). The summed E-state index contributed by atoms with van der Waals surface area (Å²) in [5.74, 6) is -0.260. The van der Waals surface area contributed by atoms with Crippen LogP contribution < -0.4 is 9.80 Å². The molecule has 1 saturated heterocycles. The van der Waals surface area contributed by atoms with Crippen LogP contribution in [-0.2, 0) is 16.0 Å². The van der Waals surface area contributed by atoms with E-state index in [0.29, 0.717) is 39.0 Å². The lowest BCUT2D eigenvalue weighted by molar-refractivity contribution is -0.134. The van der Waals surface area contributed by atoms with E-state index in [9.17, 15) is 14.0 Å². The van der Waals surface area contributed by atoms with Crippen molar-refractivity contribution in [3.05, 3.63) is 59.9 Å². The van der Waals surface area contributed by atoms with E-state index in [-0.39, 0.29) is 17.6 Å². The SMILES string of the molecule is CCC(=O)N1c2ccccc2C[C@H]1C(=O)N1CCN(c2ccc(F)cc2)CC1. The third-order valence-corrected chi connectivity index (χ3v) is 5.62. The van der Waals surface area contributed by atoms with Gasteiger partial charge in [0.15, 0.2) is 0 Å². The van der Waals surface area contributed by atoms with Crippen molar-refractivity contribution in [2.75, 3.05) is 36.0 Å². The molecule has 1 fully saturated rings. The highest BCUT2D eigenvalue weighted by atomic mass is 19.1. The summed E-state index contributed by atoms with van der Waals surface area (Å²) in [4.78, 5) is 31.5. The summed E-state index contributed by atoms with van der Waals surface area (Å²) in [6.45, 7) is 4.40. The molecule has 2 aliphatic rings. The molecule has 0 N–H and O–H groups in total. The molecule has 2 aromatic rings. The van der Waals surface area contributed by atoms with E-state index < -0.39 is 6.04 Å². The Morgan fingerprint density at radius 1 is 1.00 bits per heavy atom. The molecule has 28 heavy (non-hydrogen) atoms. The molecule has 1 atom stereocenters. The zero-order chi connectivity index (χ0) is 19.7. The van der Waals surface area contributed by atoms with Crippen LogP contribution in [0.4, 0.5) is 15.8 Å². The molecule has 0 radical (unpaired) electrons. The summed E-state index contributed by atoms with van der Waals surface area (Å²) in [5, 5.41) is 0. The Morgan fingerprint density at radius 2 is 1.68 bits per heavy atom. The molecule has 0 saturated carbocycles. The third-order valence-electron chi connectivity index (χ3n) is 5.62. The van der Waals surface area contributed by atoms with Gasteiger partial charge in [-0.1, -0.05) is 25.1 Å². The number of hydrogen-bond donors (Lipinski definition) is 0. The van der Waals surface area contributed by atoms with Gasteiger partial charge in [0.05, 0.1) is 0 Å². The molecule has 2 heterocycles. The number of carbonyl (C=O) groups excluding carboxylic acids is 2. The average molecular weight is 381 g/mol. The first kappa shape index (κ1) is 18.5. The Bertz CT molecular complexity index is 876. The van der Waals surface area contributed by atoms with Gasteiger partial charge in [-0.05, 0) is 35.9 Å². The smallest absolute Gasteiger partial charge is 0.246 e. The van der Waals surface area contributed by atoms with Gasteiger partial charge < -0.3 is 9.80 Å². The highest BCUT2D eigenvalue weighted by Gasteiger charge is 2.40. The van der Waals surface area contributed by atoms with Crippen molar-refractivity contribution in [3.63, 3.8) is 0 Å². The average Bonchev–Trinajstić information content (AvgIpc) is 3.13. The van der Waals surface area contributed by atoms with Gasteiger partial charge >= 0.3 is 0 Å². The van der Waals surface area contributed by atoms with E-state index in [4.69, 9.17) is 0 Å². The maximum absolute atomic E-state index is 13.3. The van der Waals surface area contributed by atoms with E-state index in [0.717, 1.165) is 16.9 Å². The molecule has 0 spiro atoms. The zero-order valence-electron chi connectivity index (χ0n) is 16.0. The predicted octanol–water partition coefficient (Wildman–Crippen LogP) is 2.84. The van der Waals surface area contributed by atoms with Crippen molar-refractivity contribution in [3.8, 4) is 0 Å². The number of para-hydroxylation sites is 1. The summed E-state index contributed by atoms with van der Waals surface area (Å²) in [7, 11) is 0. The van der Waals surface area contributed by atoms with Crippen LogP contribution in [0.3, 0.4) is 0 Å². The quantitative estimate of drug-likeness (QED) is 0.821. The van der Waals surface area contributed by atoms with Crippen LogP contribution in [0.25, 0.3) is 0 Å². The second-order valence-electron chi connectivity index (χ2n) is 7.25. The van der Waals surface area contributed by atoms with Crippen molar-refractivity contribution < 1.29 is 14.0 Å². The molecule has 6 heteroatoms. The molecule has 0 aliphatic carbocycles. The first-order chi connectivity index (χ1) is 13.6. The van der Waals surface area contributed by atoms with Crippen LogP contribution in [0, 0.1) is 5.82 Å². The fourth-order valence-corrected chi connectivity index (χ4v) is 4.11. The lowest BCUT2D eigenvalue weighted by Gasteiger charge is -2.38. The highest BCUT2D eigenvalue weighted by Crippen LogP contribution is 2.33. The van der Waals surface area contributed by atoms with Crippen molar-refractivity contribution in [1.82, 2.24) is 4.90 Å². The molecule has 0 aromatic heterocycles. The van der Waals surface area contributed by atoms with E-state index in [1.54, 1.807) is 17.0 Å². The molecule has 2 aliphatic heterocycles. The number of halogens is 1.